The number of esters is 1. The summed E-state index contributed by atoms with van der Waals surface area (Å²) in [6, 6.07) is 9.34. The molecular weight excluding hydrogens is 600 g/mol. The quantitative estimate of drug-likeness (QED) is 0.277. The Kier molecular flexibility index (Phi) is 10.1. The molecule has 1 amide bonds. The molecule has 1 aliphatic rings. The Morgan fingerprint density at radius 3 is 2.30 bits per heavy atom. The van der Waals surface area contributed by atoms with Crippen molar-refractivity contribution >= 4 is 43.7 Å². The van der Waals surface area contributed by atoms with Crippen LogP contribution < -0.4 is 9.04 Å². The highest BCUT2D eigenvalue weighted by molar-refractivity contribution is 9.10. The summed E-state index contributed by atoms with van der Waals surface area (Å²) in [5.41, 5.74) is 0.363. The largest absolute Gasteiger partial charge is 0.481 e. The monoisotopic (exact) mass is 634 g/mol. The lowest BCUT2D eigenvalue weighted by atomic mass is 9.92. The Morgan fingerprint density at radius 1 is 1.10 bits per heavy atom. The molecule has 1 fully saturated rings. The van der Waals surface area contributed by atoms with E-state index in [1.54, 1.807) is 30.0 Å². The van der Waals surface area contributed by atoms with Gasteiger partial charge in [-0.3, -0.25) is 9.21 Å². The van der Waals surface area contributed by atoms with Crippen LogP contribution in [-0.2, 0) is 19.5 Å². The molecule has 0 radical (unpaired) electrons. The van der Waals surface area contributed by atoms with Gasteiger partial charge in [-0.25, -0.2) is 18.0 Å². The van der Waals surface area contributed by atoms with Crippen LogP contribution in [0.2, 0.25) is 0 Å². The lowest BCUT2D eigenvalue weighted by molar-refractivity contribution is 0.0109. The van der Waals surface area contributed by atoms with E-state index in [0.717, 1.165) is 23.6 Å². The zero-order valence-electron chi connectivity index (χ0n) is 23.6. The molecule has 0 aliphatic heterocycles. The molecule has 1 aliphatic carbocycles. The molecule has 0 heterocycles. The van der Waals surface area contributed by atoms with Crippen LogP contribution in [0.4, 0.5) is 10.5 Å². The van der Waals surface area contributed by atoms with Crippen molar-refractivity contribution in [2.24, 2.45) is 0 Å². The number of hydrogen-bond donors (Lipinski definition) is 0. The second-order valence-corrected chi connectivity index (χ2v) is 13.3. The van der Waals surface area contributed by atoms with Crippen molar-refractivity contribution in [1.82, 2.24) is 4.90 Å². The molecule has 11 heteroatoms. The minimum atomic E-state index is -4.00. The molecule has 2 aromatic rings. The van der Waals surface area contributed by atoms with E-state index in [9.17, 15) is 18.0 Å². The van der Waals surface area contributed by atoms with E-state index >= 15 is 0 Å². The first-order chi connectivity index (χ1) is 18.7. The Labute approximate surface area is 244 Å². The fourth-order valence-electron chi connectivity index (χ4n) is 4.08. The first-order valence-corrected chi connectivity index (χ1v) is 15.0. The second kappa shape index (κ2) is 13.0. The van der Waals surface area contributed by atoms with Gasteiger partial charge in [0.05, 0.1) is 29.8 Å². The summed E-state index contributed by atoms with van der Waals surface area (Å²) < 4.78 is 44.5. The van der Waals surface area contributed by atoms with Crippen LogP contribution in [0.3, 0.4) is 0 Å². The smallest absolute Gasteiger partial charge is 0.411 e. The van der Waals surface area contributed by atoms with Crippen LogP contribution in [0, 0.1) is 18.8 Å². The number of nitrogens with zero attached hydrogens (tertiary/aromatic N) is 2. The maximum absolute atomic E-state index is 13.4. The second-order valence-electron chi connectivity index (χ2n) is 10.4. The van der Waals surface area contributed by atoms with Gasteiger partial charge >= 0.3 is 12.1 Å². The van der Waals surface area contributed by atoms with Crippen molar-refractivity contribution < 1.29 is 32.2 Å². The zero-order valence-corrected chi connectivity index (χ0v) is 26.0. The highest BCUT2D eigenvalue weighted by Crippen LogP contribution is 2.33. The number of methoxy groups -OCH3 is 1. The number of sulfonamides is 1. The fraction of sp³-hybridized carbons (Fsp3) is 0.448. The third-order valence-corrected chi connectivity index (χ3v) is 8.53. The van der Waals surface area contributed by atoms with Crippen molar-refractivity contribution in [3.63, 3.8) is 0 Å². The first-order valence-electron chi connectivity index (χ1n) is 12.8. The van der Waals surface area contributed by atoms with Crippen LogP contribution >= 0.6 is 15.9 Å². The van der Waals surface area contributed by atoms with Crippen molar-refractivity contribution in [2.75, 3.05) is 31.6 Å². The van der Waals surface area contributed by atoms with Crippen molar-refractivity contribution in [2.45, 2.75) is 63.5 Å². The Hall–Kier alpha value is -3.23. The SMILES string of the molecule is COC(=O)c1cc(Br)cc(C)c1N(C)S(=O)(=O)c1ccc(OCC#CCN(C(=O)OC(C)(C)C)C2CCC2)cc1. The average molecular weight is 636 g/mol. The lowest BCUT2D eigenvalue weighted by Gasteiger charge is -2.37. The number of anilines is 1. The zero-order chi connectivity index (χ0) is 29.7. The minimum absolute atomic E-state index is 0.0278. The van der Waals surface area contributed by atoms with E-state index in [1.807, 2.05) is 20.8 Å². The third kappa shape index (κ3) is 7.70. The van der Waals surface area contributed by atoms with Gasteiger partial charge in [0, 0.05) is 17.6 Å². The van der Waals surface area contributed by atoms with Gasteiger partial charge in [-0.1, -0.05) is 27.8 Å². The molecular formula is C29H35BrN2O7S. The summed E-state index contributed by atoms with van der Waals surface area (Å²) in [6.45, 7) is 7.53. The Balaban J connectivity index is 1.66. The predicted molar refractivity (Wildman–Crippen MR) is 156 cm³/mol. The molecule has 0 atom stereocenters. The Bertz CT molecular complexity index is 1400. The molecule has 0 N–H and O–H groups in total. The topological polar surface area (TPSA) is 102 Å². The number of carbonyl (C=O) groups excluding carboxylic acids is 2. The highest BCUT2D eigenvalue weighted by atomic mass is 79.9. The van der Waals surface area contributed by atoms with Crippen LogP contribution in [0.15, 0.2) is 45.8 Å². The van der Waals surface area contributed by atoms with Gasteiger partial charge in [0.2, 0.25) is 0 Å². The van der Waals surface area contributed by atoms with Gasteiger partial charge in [-0.2, -0.15) is 0 Å². The van der Waals surface area contributed by atoms with Gasteiger partial charge in [-0.05, 0) is 88.9 Å². The summed E-state index contributed by atoms with van der Waals surface area (Å²) in [5, 5.41) is 0. The molecule has 1 saturated carbocycles. The molecule has 0 bridgehead atoms. The molecule has 40 heavy (non-hydrogen) atoms. The molecule has 9 nitrogen and oxygen atoms in total. The van der Waals surface area contributed by atoms with Crippen molar-refractivity contribution in [3.8, 4) is 17.6 Å². The Morgan fingerprint density at radius 2 is 1.75 bits per heavy atom. The molecule has 2 aromatic carbocycles. The van der Waals surface area contributed by atoms with E-state index in [-0.39, 0.29) is 41.4 Å². The average Bonchev–Trinajstić information content (AvgIpc) is 2.84. The summed E-state index contributed by atoms with van der Waals surface area (Å²) in [6.07, 6.45) is 2.59. The van der Waals surface area contributed by atoms with Gasteiger partial charge in [0.25, 0.3) is 10.0 Å². The van der Waals surface area contributed by atoms with E-state index in [1.165, 1.54) is 32.4 Å². The van der Waals surface area contributed by atoms with Gasteiger partial charge in [-0.15, -0.1) is 0 Å². The van der Waals surface area contributed by atoms with Gasteiger partial charge in [0.1, 0.15) is 18.0 Å². The standard InChI is InChI=1S/C29H35BrN2O7S/c1-20-18-21(30)19-25(27(33)37-6)26(20)31(5)40(35,36)24-14-12-23(13-15-24)38-17-8-7-16-32(22-10-9-11-22)28(34)39-29(2,3)4/h12-15,18-19,22H,9-11,16-17H2,1-6H3. The number of halogens is 1. The van der Waals surface area contributed by atoms with Crippen LogP contribution in [0.5, 0.6) is 5.75 Å². The fourth-order valence-corrected chi connectivity index (χ4v) is 5.93. The third-order valence-electron chi connectivity index (χ3n) is 6.30. The van der Waals surface area contributed by atoms with Gasteiger partial charge < -0.3 is 14.2 Å². The number of rotatable bonds is 8. The van der Waals surface area contributed by atoms with Crippen LogP contribution in [-0.4, -0.2) is 64.3 Å². The summed E-state index contributed by atoms with van der Waals surface area (Å²) in [5.74, 6) is 5.68. The maximum Gasteiger partial charge on any atom is 0.411 e. The molecule has 216 valence electrons. The minimum Gasteiger partial charge on any atom is -0.481 e. The van der Waals surface area contributed by atoms with Crippen LogP contribution in [0.1, 0.15) is 56.0 Å². The highest BCUT2D eigenvalue weighted by Gasteiger charge is 2.31. The van der Waals surface area contributed by atoms with Gasteiger partial charge in [0.15, 0.2) is 0 Å². The number of aryl methyl sites for hydroxylation is 1. The van der Waals surface area contributed by atoms with Crippen molar-refractivity contribution in [1.29, 1.82) is 0 Å². The molecule has 3 rings (SSSR count). The number of benzene rings is 2. The predicted octanol–water partition coefficient (Wildman–Crippen LogP) is 5.54. The summed E-state index contributed by atoms with van der Waals surface area (Å²) in [7, 11) is -1.36. The van der Waals surface area contributed by atoms with E-state index in [0.29, 0.717) is 15.8 Å². The lowest BCUT2D eigenvalue weighted by Crippen LogP contribution is -2.46. The molecule has 0 spiro atoms. The number of amides is 1. The number of carbonyl (C=O) groups is 2. The van der Waals surface area contributed by atoms with Crippen molar-refractivity contribution in [3.05, 3.63) is 52.0 Å². The maximum atomic E-state index is 13.4. The van der Waals surface area contributed by atoms with E-state index in [4.69, 9.17) is 14.2 Å². The summed E-state index contributed by atoms with van der Waals surface area (Å²) >= 11 is 3.34. The van der Waals surface area contributed by atoms with E-state index in [2.05, 4.69) is 27.8 Å². The van der Waals surface area contributed by atoms with Crippen LogP contribution in [0.25, 0.3) is 0 Å². The normalized spacial score (nSPS) is 13.4. The molecule has 0 unspecified atom stereocenters. The molecule has 0 aromatic heterocycles. The molecule has 0 saturated heterocycles. The first kappa shape index (κ1) is 31.3. The summed E-state index contributed by atoms with van der Waals surface area (Å²) in [4.78, 5) is 26.6. The van der Waals surface area contributed by atoms with E-state index < -0.39 is 21.6 Å². The number of ether oxygens (including phenoxy) is 3. The number of hydrogen-bond acceptors (Lipinski definition) is 7.